The summed E-state index contributed by atoms with van der Waals surface area (Å²) in [7, 11) is 0. The average Bonchev–Trinajstić information content (AvgIpc) is 2.59. The molecule has 0 radical (unpaired) electrons. The van der Waals surface area contributed by atoms with Gasteiger partial charge in [0.2, 0.25) is 11.8 Å². The second kappa shape index (κ2) is 10.5. The summed E-state index contributed by atoms with van der Waals surface area (Å²) in [5.41, 5.74) is 6.48. The van der Waals surface area contributed by atoms with Crippen LogP contribution in [0.3, 0.4) is 0 Å². The molecule has 0 saturated carbocycles. The normalized spacial score (nSPS) is 14.3. The van der Waals surface area contributed by atoms with Crippen LogP contribution in [0.5, 0.6) is 5.75 Å². The smallest absolute Gasteiger partial charge is 0.328 e. The molecular weight excluding hydrogens is 354 g/mol. The molecule has 0 fully saturated rings. The second-order valence-corrected chi connectivity index (χ2v) is 6.75. The number of carbonyl (C=O) groups excluding carboxylic acids is 2. The fourth-order valence-corrected chi connectivity index (χ4v) is 2.43. The molecule has 0 aliphatic rings. The zero-order valence-corrected chi connectivity index (χ0v) is 15.4. The molecule has 0 heterocycles. The average molecular weight is 381 g/mol. The molecule has 3 atom stereocenters. The molecule has 2 amide bonds. The highest BCUT2D eigenvalue weighted by Crippen LogP contribution is 2.12. The molecule has 150 valence electrons. The highest BCUT2D eigenvalue weighted by molar-refractivity contribution is 5.92. The van der Waals surface area contributed by atoms with E-state index in [1.807, 2.05) is 13.8 Å². The van der Waals surface area contributed by atoms with Crippen LogP contribution < -0.4 is 16.4 Å². The van der Waals surface area contributed by atoms with Gasteiger partial charge in [-0.3, -0.25) is 9.59 Å². The van der Waals surface area contributed by atoms with Gasteiger partial charge in [0.05, 0.1) is 12.6 Å². The van der Waals surface area contributed by atoms with E-state index in [-0.39, 0.29) is 18.1 Å². The molecule has 9 nitrogen and oxygen atoms in total. The predicted molar refractivity (Wildman–Crippen MR) is 97.8 cm³/mol. The van der Waals surface area contributed by atoms with Crippen LogP contribution in [0.25, 0.3) is 0 Å². The molecule has 0 aromatic heterocycles. The lowest BCUT2D eigenvalue weighted by molar-refractivity contribution is -0.143. The number of amides is 2. The van der Waals surface area contributed by atoms with Gasteiger partial charge in [-0.25, -0.2) is 4.79 Å². The monoisotopic (exact) mass is 381 g/mol. The summed E-state index contributed by atoms with van der Waals surface area (Å²) >= 11 is 0. The van der Waals surface area contributed by atoms with Crippen molar-refractivity contribution in [1.29, 1.82) is 0 Å². The van der Waals surface area contributed by atoms with Gasteiger partial charge in [-0.05, 0) is 30.0 Å². The van der Waals surface area contributed by atoms with E-state index in [4.69, 9.17) is 15.9 Å². The number of aliphatic carboxylic acids is 1. The Bertz CT molecular complexity index is 647. The van der Waals surface area contributed by atoms with E-state index in [1.54, 1.807) is 12.1 Å². The van der Waals surface area contributed by atoms with Crippen LogP contribution in [0.15, 0.2) is 24.3 Å². The van der Waals surface area contributed by atoms with Crippen LogP contribution in [0.2, 0.25) is 0 Å². The maximum Gasteiger partial charge on any atom is 0.328 e. The highest BCUT2D eigenvalue weighted by Gasteiger charge is 2.28. The number of carboxylic acid groups (broad SMARTS) is 1. The van der Waals surface area contributed by atoms with Crippen molar-refractivity contribution in [2.24, 2.45) is 11.7 Å². The lowest BCUT2D eigenvalue weighted by Gasteiger charge is -2.23. The Morgan fingerprint density at radius 1 is 1.04 bits per heavy atom. The molecule has 7 N–H and O–H groups in total. The molecule has 0 aliphatic heterocycles. The maximum atomic E-state index is 12.5. The van der Waals surface area contributed by atoms with Gasteiger partial charge >= 0.3 is 5.97 Å². The summed E-state index contributed by atoms with van der Waals surface area (Å²) in [4.78, 5) is 35.8. The number of rotatable bonds is 10. The zero-order chi connectivity index (χ0) is 20.6. The van der Waals surface area contributed by atoms with E-state index in [0.29, 0.717) is 12.0 Å². The van der Waals surface area contributed by atoms with Gasteiger partial charge in [0, 0.05) is 6.42 Å². The number of benzene rings is 1. The van der Waals surface area contributed by atoms with E-state index in [9.17, 15) is 19.5 Å². The maximum absolute atomic E-state index is 12.5. The summed E-state index contributed by atoms with van der Waals surface area (Å²) in [6, 6.07) is 2.64. The van der Waals surface area contributed by atoms with E-state index < -0.39 is 42.5 Å². The first-order valence-corrected chi connectivity index (χ1v) is 8.62. The predicted octanol–water partition coefficient (Wildman–Crippen LogP) is -0.645. The minimum atomic E-state index is -1.49. The van der Waals surface area contributed by atoms with Gasteiger partial charge in [0.15, 0.2) is 0 Å². The number of hydrogen-bond donors (Lipinski definition) is 6. The summed E-state index contributed by atoms with van der Waals surface area (Å²) < 4.78 is 0. The van der Waals surface area contributed by atoms with Gasteiger partial charge in [-0.15, -0.1) is 0 Å². The number of phenolic OH excluding ortho intramolecular Hbond substituents is 1. The summed E-state index contributed by atoms with van der Waals surface area (Å²) in [5.74, 6) is -2.44. The Kier molecular flexibility index (Phi) is 8.70. The van der Waals surface area contributed by atoms with Crippen molar-refractivity contribution >= 4 is 17.8 Å². The first kappa shape index (κ1) is 22.4. The van der Waals surface area contributed by atoms with Gasteiger partial charge in [0.25, 0.3) is 0 Å². The Balaban J connectivity index is 2.93. The number of carboxylic acids is 1. The molecule has 27 heavy (non-hydrogen) atoms. The van der Waals surface area contributed by atoms with E-state index in [2.05, 4.69) is 10.6 Å². The quantitative estimate of drug-likeness (QED) is 0.314. The first-order valence-electron chi connectivity index (χ1n) is 8.62. The molecule has 0 aliphatic carbocycles. The Hall–Kier alpha value is -2.65. The van der Waals surface area contributed by atoms with E-state index >= 15 is 0 Å². The molecule has 0 unspecified atom stereocenters. The van der Waals surface area contributed by atoms with Crippen molar-refractivity contribution in [3.8, 4) is 5.75 Å². The standard InChI is InChI=1S/C18H27N3O6/c1-10(2)7-13(19)16(24)20-14(8-11-3-5-12(23)6-4-11)17(25)21-15(9-22)18(26)27/h3-6,10,13-15,22-23H,7-9,19H2,1-2H3,(H,20,24)(H,21,25)(H,26,27)/t13-,14-,15-/m0/s1. The number of carbonyl (C=O) groups is 3. The molecule has 1 rings (SSSR count). The van der Waals surface area contributed by atoms with Crippen LogP contribution in [-0.4, -0.2) is 57.8 Å². The van der Waals surface area contributed by atoms with Gasteiger partial charge < -0.3 is 31.7 Å². The van der Waals surface area contributed by atoms with Crippen molar-refractivity contribution in [2.75, 3.05) is 6.61 Å². The van der Waals surface area contributed by atoms with Crippen LogP contribution in [0.4, 0.5) is 0 Å². The fourth-order valence-electron chi connectivity index (χ4n) is 2.43. The molecule has 1 aromatic carbocycles. The topological polar surface area (TPSA) is 162 Å². The fraction of sp³-hybridized carbons (Fsp3) is 0.500. The molecule has 0 saturated heterocycles. The third kappa shape index (κ3) is 7.63. The number of hydrogen-bond acceptors (Lipinski definition) is 6. The van der Waals surface area contributed by atoms with Crippen LogP contribution in [0, 0.1) is 5.92 Å². The number of nitrogens with two attached hydrogens (primary N) is 1. The van der Waals surface area contributed by atoms with Crippen molar-refractivity contribution < 1.29 is 29.7 Å². The lowest BCUT2D eigenvalue weighted by atomic mass is 10.0. The third-order valence-electron chi connectivity index (χ3n) is 3.87. The van der Waals surface area contributed by atoms with Gasteiger partial charge in [0.1, 0.15) is 17.8 Å². The van der Waals surface area contributed by atoms with Crippen LogP contribution >= 0.6 is 0 Å². The number of aliphatic hydroxyl groups excluding tert-OH is 1. The SMILES string of the molecule is CC(C)C[C@H](N)C(=O)N[C@@H](Cc1ccc(O)cc1)C(=O)N[C@@H](CO)C(=O)O. The third-order valence-corrected chi connectivity index (χ3v) is 3.87. The molecular formula is C18H27N3O6. The second-order valence-electron chi connectivity index (χ2n) is 6.75. The van der Waals surface area contributed by atoms with Crippen molar-refractivity contribution in [1.82, 2.24) is 10.6 Å². The molecule has 9 heteroatoms. The van der Waals surface area contributed by atoms with E-state index in [1.165, 1.54) is 12.1 Å². The number of aromatic hydroxyl groups is 1. The van der Waals surface area contributed by atoms with E-state index in [0.717, 1.165) is 0 Å². The Morgan fingerprint density at radius 2 is 1.59 bits per heavy atom. The number of nitrogens with one attached hydrogen (secondary N) is 2. The summed E-state index contributed by atoms with van der Waals surface area (Å²) in [5, 5.41) is 32.2. The minimum absolute atomic E-state index is 0.0500. The first-order chi connectivity index (χ1) is 12.6. The Labute approximate surface area is 157 Å². The molecule has 1 aromatic rings. The van der Waals surface area contributed by atoms with Crippen LogP contribution in [0.1, 0.15) is 25.8 Å². The molecule has 0 bridgehead atoms. The number of phenols is 1. The van der Waals surface area contributed by atoms with Gasteiger partial charge in [-0.1, -0.05) is 26.0 Å². The summed E-state index contributed by atoms with van der Waals surface area (Å²) in [6.45, 7) is 3.03. The molecule has 0 spiro atoms. The number of aliphatic hydroxyl groups is 1. The Morgan fingerprint density at radius 3 is 2.07 bits per heavy atom. The zero-order valence-electron chi connectivity index (χ0n) is 15.4. The minimum Gasteiger partial charge on any atom is -0.508 e. The van der Waals surface area contributed by atoms with Crippen molar-refractivity contribution in [3.05, 3.63) is 29.8 Å². The van der Waals surface area contributed by atoms with Gasteiger partial charge in [-0.2, -0.15) is 0 Å². The van der Waals surface area contributed by atoms with Crippen molar-refractivity contribution in [3.63, 3.8) is 0 Å². The highest BCUT2D eigenvalue weighted by atomic mass is 16.4. The summed E-state index contributed by atoms with van der Waals surface area (Å²) in [6.07, 6.45) is 0.484. The van der Waals surface area contributed by atoms with Crippen LogP contribution in [-0.2, 0) is 20.8 Å². The lowest BCUT2D eigenvalue weighted by Crippen LogP contribution is -2.56. The largest absolute Gasteiger partial charge is 0.508 e. The van der Waals surface area contributed by atoms with Crippen molar-refractivity contribution in [2.45, 2.75) is 44.8 Å².